The molecular weight excluding hydrogens is 483 g/mol. The molecule has 10 heteroatoms. The molecule has 2 bridgehead atoms. The summed E-state index contributed by atoms with van der Waals surface area (Å²) in [7, 11) is -0.0767. The van der Waals surface area contributed by atoms with E-state index in [0.717, 1.165) is 12.1 Å². The van der Waals surface area contributed by atoms with E-state index in [1.165, 1.54) is 22.5 Å². The summed E-state index contributed by atoms with van der Waals surface area (Å²) in [6, 6.07) is 8.85. The Bertz CT molecular complexity index is 1090. The van der Waals surface area contributed by atoms with Gasteiger partial charge in [-0.1, -0.05) is 29.3 Å². The summed E-state index contributed by atoms with van der Waals surface area (Å²) in [5.41, 5.74) is 0.780. The fraction of sp³-hybridized carbons (Fsp3) is 0.478. The zero-order chi connectivity index (χ0) is 23.8. The average molecular weight is 511 g/mol. The molecule has 1 aromatic heterocycles. The first kappa shape index (κ1) is 24.4. The second-order valence-electron chi connectivity index (χ2n) is 9.02. The molecule has 0 spiro atoms. The van der Waals surface area contributed by atoms with Crippen molar-refractivity contribution in [1.82, 2.24) is 19.1 Å². The molecule has 178 valence electrons. The van der Waals surface area contributed by atoms with Gasteiger partial charge in [0.05, 0.1) is 17.1 Å². The van der Waals surface area contributed by atoms with Crippen molar-refractivity contribution in [3.63, 3.8) is 0 Å². The van der Waals surface area contributed by atoms with E-state index >= 15 is 0 Å². The molecule has 33 heavy (non-hydrogen) atoms. The van der Waals surface area contributed by atoms with E-state index in [9.17, 15) is 13.2 Å². The van der Waals surface area contributed by atoms with Crippen LogP contribution in [-0.2, 0) is 21.4 Å². The molecule has 3 heterocycles. The minimum atomic E-state index is -4.00. The maximum atomic E-state index is 13.9. The van der Waals surface area contributed by atoms with Gasteiger partial charge in [-0.2, -0.15) is 4.31 Å². The molecule has 2 fully saturated rings. The van der Waals surface area contributed by atoms with Gasteiger partial charge in [0.15, 0.2) is 0 Å². The molecule has 2 saturated heterocycles. The number of pyridine rings is 1. The lowest BCUT2D eigenvalue weighted by Gasteiger charge is -2.41. The highest BCUT2D eigenvalue weighted by Crippen LogP contribution is 2.38. The number of carbonyl (C=O) groups is 1. The number of rotatable bonds is 6. The van der Waals surface area contributed by atoms with E-state index < -0.39 is 16.1 Å². The van der Waals surface area contributed by atoms with Gasteiger partial charge in [-0.3, -0.25) is 9.78 Å². The van der Waals surface area contributed by atoms with E-state index in [4.69, 9.17) is 23.2 Å². The zero-order valence-corrected chi connectivity index (χ0v) is 21.0. The lowest BCUT2D eigenvalue weighted by Crippen LogP contribution is -2.55. The minimum absolute atomic E-state index is 0.0199. The number of benzene rings is 1. The van der Waals surface area contributed by atoms with Crippen LogP contribution >= 0.6 is 23.2 Å². The van der Waals surface area contributed by atoms with Crippen LogP contribution in [-0.4, -0.2) is 72.7 Å². The largest absolute Gasteiger partial charge is 0.335 e. The van der Waals surface area contributed by atoms with Gasteiger partial charge in [-0.25, -0.2) is 8.42 Å². The van der Waals surface area contributed by atoms with Crippen LogP contribution in [0.2, 0.25) is 10.0 Å². The Morgan fingerprint density at radius 1 is 1.12 bits per heavy atom. The standard InChI is InChI=1S/C23H28Cl2N4O3S/c1-27(2)13-16-14-28(15-19-6-3-4-9-26-19)23(30)22-8-5-7-21(16)29(22)33(31,32)20-11-17(24)10-18(25)12-20/h3-4,6,9-12,16,21-22H,5,7-8,13-15H2,1-2H3/t16-,21+,22-/m0/s1. The molecule has 1 aromatic carbocycles. The van der Waals surface area contributed by atoms with Gasteiger partial charge in [-0.05, 0) is 63.7 Å². The second kappa shape index (κ2) is 9.88. The highest BCUT2D eigenvalue weighted by molar-refractivity contribution is 7.89. The van der Waals surface area contributed by atoms with Gasteiger partial charge in [0, 0.05) is 41.3 Å². The Kier molecular flexibility index (Phi) is 7.31. The lowest BCUT2D eigenvalue weighted by molar-refractivity contribution is -0.135. The normalized spacial score (nSPS) is 24.2. The van der Waals surface area contributed by atoms with Crippen molar-refractivity contribution in [3.8, 4) is 0 Å². The van der Waals surface area contributed by atoms with Gasteiger partial charge in [-0.15, -0.1) is 0 Å². The van der Waals surface area contributed by atoms with Crippen molar-refractivity contribution in [3.05, 3.63) is 58.3 Å². The van der Waals surface area contributed by atoms with Crippen molar-refractivity contribution in [1.29, 1.82) is 0 Å². The fourth-order valence-corrected chi connectivity index (χ4v) is 7.63. The van der Waals surface area contributed by atoms with Crippen LogP contribution in [0.25, 0.3) is 0 Å². The van der Waals surface area contributed by atoms with E-state index in [-0.39, 0.29) is 32.8 Å². The summed E-state index contributed by atoms with van der Waals surface area (Å²) >= 11 is 12.3. The van der Waals surface area contributed by atoms with E-state index in [1.807, 2.05) is 37.2 Å². The Balaban J connectivity index is 1.77. The molecule has 0 aliphatic carbocycles. The molecule has 7 nitrogen and oxygen atoms in total. The van der Waals surface area contributed by atoms with E-state index in [0.29, 0.717) is 32.5 Å². The summed E-state index contributed by atoms with van der Waals surface area (Å²) in [6.07, 6.45) is 3.68. The predicted molar refractivity (Wildman–Crippen MR) is 129 cm³/mol. The van der Waals surface area contributed by atoms with Crippen molar-refractivity contribution in [2.24, 2.45) is 5.92 Å². The zero-order valence-electron chi connectivity index (χ0n) is 18.7. The quantitative estimate of drug-likeness (QED) is 0.594. The van der Waals surface area contributed by atoms with Gasteiger partial charge < -0.3 is 9.80 Å². The molecule has 0 radical (unpaired) electrons. The lowest BCUT2D eigenvalue weighted by atomic mass is 9.90. The van der Waals surface area contributed by atoms with Crippen molar-refractivity contribution >= 4 is 39.1 Å². The van der Waals surface area contributed by atoms with Gasteiger partial charge in [0.1, 0.15) is 6.04 Å². The van der Waals surface area contributed by atoms with Crippen LogP contribution in [0.5, 0.6) is 0 Å². The van der Waals surface area contributed by atoms with Gasteiger partial charge >= 0.3 is 0 Å². The number of piperidine rings is 1. The number of halogens is 2. The Morgan fingerprint density at radius 3 is 2.48 bits per heavy atom. The third-order valence-corrected chi connectivity index (χ3v) is 8.65. The topological polar surface area (TPSA) is 73.8 Å². The smallest absolute Gasteiger partial charge is 0.244 e. The predicted octanol–water partition coefficient (Wildman–Crippen LogP) is 3.52. The minimum Gasteiger partial charge on any atom is -0.335 e. The summed E-state index contributed by atoms with van der Waals surface area (Å²) in [5.74, 6) is -0.231. The second-order valence-corrected chi connectivity index (χ2v) is 11.7. The highest BCUT2D eigenvalue weighted by atomic mass is 35.5. The monoisotopic (exact) mass is 510 g/mol. The number of hydrogen-bond donors (Lipinski definition) is 0. The van der Waals surface area contributed by atoms with Crippen LogP contribution in [0.4, 0.5) is 0 Å². The molecule has 2 aliphatic rings. The molecule has 1 amide bonds. The van der Waals surface area contributed by atoms with Crippen LogP contribution in [0.15, 0.2) is 47.5 Å². The van der Waals surface area contributed by atoms with Crippen molar-refractivity contribution < 1.29 is 13.2 Å². The summed E-state index contributed by atoms with van der Waals surface area (Å²) in [6.45, 7) is 1.48. The fourth-order valence-electron chi connectivity index (χ4n) is 5.01. The molecule has 4 rings (SSSR count). The van der Waals surface area contributed by atoms with E-state index in [1.54, 1.807) is 11.1 Å². The molecule has 2 aliphatic heterocycles. The number of fused-ring (bicyclic) bond motifs is 2. The first-order valence-electron chi connectivity index (χ1n) is 11.0. The number of carbonyl (C=O) groups excluding carboxylic acids is 1. The summed E-state index contributed by atoms with van der Waals surface area (Å²) in [5, 5.41) is 0.489. The summed E-state index contributed by atoms with van der Waals surface area (Å²) < 4.78 is 29.3. The third kappa shape index (κ3) is 5.20. The molecule has 0 unspecified atom stereocenters. The number of aromatic nitrogens is 1. The summed E-state index contributed by atoms with van der Waals surface area (Å²) in [4.78, 5) is 22.0. The van der Waals surface area contributed by atoms with Crippen molar-refractivity contribution in [2.75, 3.05) is 27.2 Å². The van der Waals surface area contributed by atoms with Crippen molar-refractivity contribution in [2.45, 2.75) is 42.8 Å². The first-order chi connectivity index (χ1) is 15.7. The van der Waals surface area contributed by atoms with E-state index in [2.05, 4.69) is 4.98 Å². The Hall–Kier alpha value is -1.71. The Morgan fingerprint density at radius 2 is 1.85 bits per heavy atom. The van der Waals surface area contributed by atoms with Gasteiger partial charge in [0.25, 0.3) is 0 Å². The SMILES string of the molecule is CN(C)C[C@H]1CN(Cc2ccccn2)C(=O)[C@@H]2CCC[C@H]1N2S(=O)(=O)c1cc(Cl)cc(Cl)c1. The van der Waals surface area contributed by atoms with Crippen LogP contribution in [0.1, 0.15) is 25.0 Å². The number of sulfonamides is 1. The molecule has 2 aromatic rings. The highest BCUT2D eigenvalue weighted by Gasteiger charge is 2.50. The number of hydrogen-bond acceptors (Lipinski definition) is 5. The van der Waals surface area contributed by atoms with Crippen LogP contribution in [0.3, 0.4) is 0 Å². The maximum Gasteiger partial charge on any atom is 0.244 e. The first-order valence-corrected chi connectivity index (χ1v) is 13.2. The van der Waals surface area contributed by atoms with Gasteiger partial charge in [0.2, 0.25) is 15.9 Å². The number of amides is 1. The molecular formula is C23H28Cl2N4O3S. The van der Waals surface area contributed by atoms with Crippen LogP contribution < -0.4 is 0 Å². The maximum absolute atomic E-state index is 13.9. The van der Waals surface area contributed by atoms with Crippen LogP contribution in [0, 0.1) is 5.92 Å². The third-order valence-electron chi connectivity index (χ3n) is 6.30. The average Bonchev–Trinajstić information content (AvgIpc) is 2.82. The molecule has 0 saturated carbocycles. The Labute approximate surface area is 205 Å². The number of nitrogens with zero attached hydrogens (tertiary/aromatic N) is 4. The molecule has 0 N–H and O–H groups in total. The molecule has 3 atom stereocenters.